The number of rotatable bonds is 9. The smallest absolute Gasteiger partial charge is 0.214 e. The molecule has 0 aliphatic carbocycles. The van der Waals surface area contributed by atoms with Crippen LogP contribution in [0.5, 0.6) is 5.88 Å². The van der Waals surface area contributed by atoms with Crippen LogP contribution in [0, 0.1) is 6.92 Å². The summed E-state index contributed by atoms with van der Waals surface area (Å²) in [5.41, 5.74) is 5.86. The molecule has 3 heterocycles. The summed E-state index contributed by atoms with van der Waals surface area (Å²) in [6.07, 6.45) is 2.20. The van der Waals surface area contributed by atoms with Crippen molar-refractivity contribution in [1.29, 1.82) is 0 Å². The van der Waals surface area contributed by atoms with Gasteiger partial charge in [0.1, 0.15) is 16.5 Å². The van der Waals surface area contributed by atoms with Crippen molar-refractivity contribution in [2.75, 3.05) is 6.61 Å². The Labute approximate surface area is 182 Å². The van der Waals surface area contributed by atoms with Crippen molar-refractivity contribution in [3.8, 4) is 5.88 Å². The number of Topliss-reactive ketones (excluding diaryl/α,β-unsaturated/α-hetero) is 1. The number of hydrogen-bond acceptors (Lipinski definition) is 5. The Kier molecular flexibility index (Phi) is 7.08. The van der Waals surface area contributed by atoms with Gasteiger partial charge in [0, 0.05) is 31.6 Å². The molecule has 3 aromatic heterocycles. The summed E-state index contributed by atoms with van der Waals surface area (Å²) < 4.78 is 7.45. The quantitative estimate of drug-likeness (QED) is 0.449. The van der Waals surface area contributed by atoms with E-state index in [9.17, 15) is 4.79 Å². The second-order valence-electron chi connectivity index (χ2n) is 7.96. The molecule has 0 radical (unpaired) electrons. The first kappa shape index (κ1) is 22.2. The number of fused-ring (bicyclic) bond motifs is 1. The molecule has 0 atom stereocenters. The fourth-order valence-corrected chi connectivity index (χ4v) is 3.81. The fourth-order valence-electron chi connectivity index (χ4n) is 3.59. The van der Waals surface area contributed by atoms with Crippen molar-refractivity contribution >= 4 is 28.4 Å². The van der Waals surface area contributed by atoms with Gasteiger partial charge in [-0.25, -0.2) is 9.97 Å². The Morgan fingerprint density at radius 3 is 2.70 bits per heavy atom. The van der Waals surface area contributed by atoms with Crippen LogP contribution in [-0.2, 0) is 24.7 Å². The van der Waals surface area contributed by atoms with Crippen LogP contribution in [0.25, 0.3) is 11.0 Å². The van der Waals surface area contributed by atoms with Crippen molar-refractivity contribution in [2.24, 2.45) is 7.05 Å². The number of carbonyl (C=O) groups excluding carboxylic acids is 1. The highest BCUT2D eigenvalue weighted by molar-refractivity contribution is 6.29. The van der Waals surface area contributed by atoms with E-state index in [0.717, 1.165) is 34.4 Å². The molecule has 0 aromatic carbocycles. The minimum atomic E-state index is 0.134. The third-order valence-electron chi connectivity index (χ3n) is 5.01. The largest absolute Gasteiger partial charge is 0.478 e. The van der Waals surface area contributed by atoms with Crippen molar-refractivity contribution in [2.45, 2.75) is 59.3 Å². The van der Waals surface area contributed by atoms with Gasteiger partial charge in [-0.1, -0.05) is 32.4 Å². The van der Waals surface area contributed by atoms with E-state index in [1.54, 1.807) is 12.1 Å². The highest BCUT2D eigenvalue weighted by atomic mass is 35.5. The minimum absolute atomic E-state index is 0.134. The summed E-state index contributed by atoms with van der Waals surface area (Å²) in [4.78, 5) is 21.6. The Bertz CT molecular complexity index is 1060. The lowest BCUT2D eigenvalue weighted by Gasteiger charge is -2.11. The van der Waals surface area contributed by atoms with E-state index < -0.39 is 0 Å². The summed E-state index contributed by atoms with van der Waals surface area (Å²) in [6.45, 7) is 8.90. The van der Waals surface area contributed by atoms with E-state index in [-0.39, 0.29) is 5.78 Å². The number of carbonyl (C=O) groups is 1. The molecule has 30 heavy (non-hydrogen) atoms. The van der Waals surface area contributed by atoms with Gasteiger partial charge in [0.2, 0.25) is 5.88 Å². The van der Waals surface area contributed by atoms with E-state index in [1.807, 2.05) is 25.6 Å². The van der Waals surface area contributed by atoms with Crippen LogP contribution in [0.3, 0.4) is 0 Å². The van der Waals surface area contributed by atoms with Crippen molar-refractivity contribution in [1.82, 2.24) is 19.7 Å². The van der Waals surface area contributed by atoms with Crippen LogP contribution in [0.2, 0.25) is 5.15 Å². The zero-order valence-corrected chi connectivity index (χ0v) is 19.1. The third-order valence-corrected chi connectivity index (χ3v) is 5.20. The summed E-state index contributed by atoms with van der Waals surface area (Å²) in [5, 5.41) is 4.86. The monoisotopic (exact) mass is 428 g/mol. The second kappa shape index (κ2) is 9.56. The van der Waals surface area contributed by atoms with Gasteiger partial charge in [-0.05, 0) is 48.9 Å². The molecule has 0 spiro atoms. The molecule has 0 fully saturated rings. The third kappa shape index (κ3) is 5.17. The zero-order valence-electron chi connectivity index (χ0n) is 18.3. The number of hydrogen-bond donors (Lipinski definition) is 0. The Balaban J connectivity index is 1.73. The highest BCUT2D eigenvalue weighted by Gasteiger charge is 2.16. The van der Waals surface area contributed by atoms with E-state index >= 15 is 0 Å². The van der Waals surface area contributed by atoms with Gasteiger partial charge in [0.15, 0.2) is 0 Å². The molecule has 3 rings (SSSR count). The first-order chi connectivity index (χ1) is 14.3. The molecule has 0 bridgehead atoms. The average molecular weight is 429 g/mol. The van der Waals surface area contributed by atoms with E-state index in [4.69, 9.17) is 21.3 Å². The molecule has 3 aromatic rings. The van der Waals surface area contributed by atoms with Gasteiger partial charge in [-0.2, -0.15) is 5.10 Å². The molecule has 160 valence electrons. The zero-order chi connectivity index (χ0) is 21.8. The van der Waals surface area contributed by atoms with Crippen LogP contribution in [0.1, 0.15) is 62.0 Å². The average Bonchev–Trinajstić information content (AvgIpc) is 2.97. The van der Waals surface area contributed by atoms with Gasteiger partial charge in [0.05, 0.1) is 17.8 Å². The number of aryl methyl sites for hydroxylation is 3. The molecular weight excluding hydrogens is 400 g/mol. The number of nitrogens with zero attached hydrogens (tertiary/aromatic N) is 4. The van der Waals surface area contributed by atoms with Gasteiger partial charge in [0.25, 0.3) is 0 Å². The highest BCUT2D eigenvalue weighted by Crippen LogP contribution is 2.27. The topological polar surface area (TPSA) is 69.9 Å². The lowest BCUT2D eigenvalue weighted by Crippen LogP contribution is -2.07. The summed E-state index contributed by atoms with van der Waals surface area (Å²) >= 11 is 6.08. The maximum absolute atomic E-state index is 12.6. The lowest BCUT2D eigenvalue weighted by atomic mass is 9.99. The number of aromatic nitrogens is 4. The van der Waals surface area contributed by atoms with Crippen LogP contribution >= 0.6 is 11.6 Å². The van der Waals surface area contributed by atoms with Gasteiger partial charge in [-0.15, -0.1) is 0 Å². The molecule has 0 aliphatic heterocycles. The Morgan fingerprint density at radius 1 is 1.23 bits per heavy atom. The molecule has 6 nitrogen and oxygen atoms in total. The molecule has 7 heteroatoms. The standard InChI is InChI=1S/C23H29ClN4O2/c1-6-9-30-21-12-16(11-20(24)26-21)10-18(29)8-7-17-13-19(14(2)3)23-22(25-17)15(4)27-28(23)5/h11-14H,6-10H2,1-5H3. The second-order valence-corrected chi connectivity index (χ2v) is 8.35. The SMILES string of the molecule is CCCOc1cc(CC(=O)CCc2cc(C(C)C)c3c(n2)c(C)nn3C)cc(Cl)n1. The maximum Gasteiger partial charge on any atom is 0.214 e. The molecule has 0 amide bonds. The molecular formula is C23H29ClN4O2. The van der Waals surface area contributed by atoms with Gasteiger partial charge in [-0.3, -0.25) is 9.48 Å². The lowest BCUT2D eigenvalue weighted by molar-refractivity contribution is -0.118. The Morgan fingerprint density at radius 2 is 2.00 bits per heavy atom. The van der Waals surface area contributed by atoms with Gasteiger partial charge < -0.3 is 4.74 Å². The van der Waals surface area contributed by atoms with Crippen molar-refractivity contribution < 1.29 is 9.53 Å². The van der Waals surface area contributed by atoms with Crippen LogP contribution < -0.4 is 4.74 Å². The maximum atomic E-state index is 12.6. The van der Waals surface area contributed by atoms with Crippen LogP contribution in [0.4, 0.5) is 0 Å². The fraction of sp³-hybridized carbons (Fsp3) is 0.478. The number of pyridine rings is 2. The molecule has 0 unspecified atom stereocenters. The normalized spacial score (nSPS) is 11.4. The molecule has 0 aliphatic rings. The van der Waals surface area contributed by atoms with E-state index in [2.05, 4.69) is 30.0 Å². The van der Waals surface area contributed by atoms with Crippen LogP contribution in [0.15, 0.2) is 18.2 Å². The number of ketones is 1. The first-order valence-corrected chi connectivity index (χ1v) is 10.8. The number of ether oxygens (including phenoxy) is 1. The molecule has 0 N–H and O–H groups in total. The van der Waals surface area contributed by atoms with Crippen molar-refractivity contribution in [3.63, 3.8) is 0 Å². The van der Waals surface area contributed by atoms with E-state index in [1.165, 1.54) is 5.56 Å². The summed E-state index contributed by atoms with van der Waals surface area (Å²) in [7, 11) is 1.95. The Hall–Kier alpha value is -2.47. The number of halogens is 1. The summed E-state index contributed by atoms with van der Waals surface area (Å²) in [5.74, 6) is 0.947. The predicted octanol–water partition coefficient (Wildman–Crippen LogP) is 4.98. The summed E-state index contributed by atoms with van der Waals surface area (Å²) in [6, 6.07) is 5.62. The molecule has 0 saturated heterocycles. The predicted molar refractivity (Wildman–Crippen MR) is 119 cm³/mol. The minimum Gasteiger partial charge on any atom is -0.478 e. The van der Waals surface area contributed by atoms with Crippen LogP contribution in [-0.4, -0.2) is 32.1 Å². The van der Waals surface area contributed by atoms with Crippen molar-refractivity contribution in [3.05, 3.63) is 45.9 Å². The van der Waals surface area contributed by atoms with E-state index in [0.29, 0.717) is 42.8 Å². The first-order valence-electron chi connectivity index (χ1n) is 10.4. The molecule has 0 saturated carbocycles. The van der Waals surface area contributed by atoms with Gasteiger partial charge >= 0.3 is 0 Å².